The largest absolute Gasteiger partial charge is 0.456 e. The Balaban J connectivity index is 1.00. The van der Waals surface area contributed by atoms with E-state index in [2.05, 4.69) is 223 Å². The van der Waals surface area contributed by atoms with Crippen molar-refractivity contribution in [2.45, 2.75) is 10.8 Å². The summed E-state index contributed by atoms with van der Waals surface area (Å²) in [6.45, 7) is 0. The number of hydrogen-bond acceptors (Lipinski definition) is 2. The monoisotopic (exact) mass is 811 g/mol. The molecule has 10 aromatic carbocycles. The normalized spacial score (nSPS) is 14.5. The third kappa shape index (κ3) is 4.08. The molecule has 15 rings (SSSR count). The summed E-state index contributed by atoms with van der Waals surface area (Å²) in [5.74, 6) is 0. The summed E-state index contributed by atoms with van der Waals surface area (Å²) < 4.78 is 6.61. The number of hydrogen-bond donors (Lipinski definition) is 0. The molecule has 2 nitrogen and oxygen atoms in total. The number of para-hydroxylation sites is 1. The highest BCUT2D eigenvalue weighted by Crippen LogP contribution is 2.65. The van der Waals surface area contributed by atoms with Gasteiger partial charge in [0.15, 0.2) is 0 Å². The minimum absolute atomic E-state index is 0.412. The summed E-state index contributed by atoms with van der Waals surface area (Å²) in [6.07, 6.45) is 0. The van der Waals surface area contributed by atoms with E-state index in [0.717, 1.165) is 39.0 Å². The molecule has 4 aliphatic carbocycles. The van der Waals surface area contributed by atoms with E-state index in [9.17, 15) is 0 Å². The van der Waals surface area contributed by atoms with E-state index in [4.69, 9.17) is 4.42 Å². The molecule has 0 bridgehead atoms. The Morgan fingerprint density at radius 1 is 0.250 bits per heavy atom. The molecular weight excluding hydrogens is 775 g/mol. The summed E-state index contributed by atoms with van der Waals surface area (Å²) >= 11 is 0. The number of anilines is 3. The molecular formula is C62H37NO. The first-order valence-corrected chi connectivity index (χ1v) is 22.3. The summed E-state index contributed by atoms with van der Waals surface area (Å²) in [4.78, 5) is 2.46. The summed E-state index contributed by atoms with van der Waals surface area (Å²) in [6, 6.07) is 83.9. The average Bonchev–Trinajstić information content (AvgIpc) is 4.12. The van der Waals surface area contributed by atoms with Crippen LogP contribution in [0.1, 0.15) is 44.5 Å². The minimum atomic E-state index is -0.462. The molecule has 11 aromatic rings. The topological polar surface area (TPSA) is 16.4 Å². The molecule has 0 saturated heterocycles. The van der Waals surface area contributed by atoms with Crippen LogP contribution in [-0.4, -0.2) is 0 Å². The standard InChI is InChI=1S/C62H37NO/c1-8-22-51-41(15-1)42-16-2-9-23-52(42)61(51)56-27-13-6-20-46(56)50-35-38(31-34-57(50)61)63(40-30-33-49-48-21-7-14-28-59(48)64-60(49)37-40)39-29-32-47-45-19-5-12-26-55(45)62(58(47)36-39)53-24-10-3-17-43(53)44-18-4-11-25-54(44)62/h1-37H. The number of rotatable bonds is 3. The van der Waals surface area contributed by atoms with E-state index >= 15 is 0 Å². The van der Waals surface area contributed by atoms with Crippen LogP contribution in [0, 0.1) is 0 Å². The quantitative estimate of drug-likeness (QED) is 0.177. The van der Waals surface area contributed by atoms with Crippen LogP contribution in [-0.2, 0) is 10.8 Å². The van der Waals surface area contributed by atoms with Crippen LogP contribution in [0.25, 0.3) is 66.4 Å². The predicted molar refractivity (Wildman–Crippen MR) is 261 cm³/mol. The zero-order valence-electron chi connectivity index (χ0n) is 34.7. The van der Waals surface area contributed by atoms with Crippen LogP contribution in [0.4, 0.5) is 17.1 Å². The fraction of sp³-hybridized carbons (Fsp3) is 0.0323. The summed E-state index contributed by atoms with van der Waals surface area (Å²) in [7, 11) is 0. The molecule has 2 spiro atoms. The first-order valence-electron chi connectivity index (χ1n) is 22.3. The Bertz CT molecular complexity index is 3720. The number of furan rings is 1. The van der Waals surface area contributed by atoms with Crippen molar-refractivity contribution < 1.29 is 4.42 Å². The van der Waals surface area contributed by atoms with E-state index in [1.54, 1.807) is 0 Å². The van der Waals surface area contributed by atoms with Crippen molar-refractivity contribution in [3.05, 3.63) is 269 Å². The second-order valence-corrected chi connectivity index (χ2v) is 17.8. The van der Waals surface area contributed by atoms with E-state index in [-0.39, 0.29) is 0 Å². The molecule has 0 saturated carbocycles. The maximum absolute atomic E-state index is 6.61. The van der Waals surface area contributed by atoms with Crippen molar-refractivity contribution in [3.63, 3.8) is 0 Å². The number of fused-ring (bicyclic) bond motifs is 23. The van der Waals surface area contributed by atoms with E-state index in [0.29, 0.717) is 0 Å². The maximum Gasteiger partial charge on any atom is 0.137 e. The third-order valence-electron chi connectivity index (χ3n) is 15.1. The lowest BCUT2D eigenvalue weighted by molar-refractivity contribution is 0.669. The highest BCUT2D eigenvalue weighted by atomic mass is 16.3. The molecule has 296 valence electrons. The van der Waals surface area contributed by atoms with Gasteiger partial charge in [0, 0.05) is 33.9 Å². The Morgan fingerprint density at radius 2 is 0.609 bits per heavy atom. The van der Waals surface area contributed by atoms with Crippen molar-refractivity contribution in [2.24, 2.45) is 0 Å². The summed E-state index contributed by atoms with van der Waals surface area (Å²) in [5.41, 5.74) is 25.2. The fourth-order valence-corrected chi connectivity index (χ4v) is 12.7. The van der Waals surface area contributed by atoms with E-state index < -0.39 is 10.8 Å². The molecule has 0 unspecified atom stereocenters. The van der Waals surface area contributed by atoms with Gasteiger partial charge in [-0.05, 0) is 131 Å². The van der Waals surface area contributed by atoms with Crippen LogP contribution in [0.2, 0.25) is 0 Å². The Labute approximate surface area is 371 Å². The molecule has 0 amide bonds. The Kier molecular flexibility index (Phi) is 6.58. The van der Waals surface area contributed by atoms with Crippen molar-refractivity contribution in [1.29, 1.82) is 0 Å². The molecule has 1 aromatic heterocycles. The first kappa shape index (κ1) is 34.4. The molecule has 0 radical (unpaired) electrons. The predicted octanol–water partition coefficient (Wildman–Crippen LogP) is 15.7. The molecule has 0 aliphatic heterocycles. The van der Waals surface area contributed by atoms with Gasteiger partial charge in [0.2, 0.25) is 0 Å². The zero-order chi connectivity index (χ0) is 41.7. The molecule has 64 heavy (non-hydrogen) atoms. The lowest BCUT2D eigenvalue weighted by atomic mass is 9.70. The van der Waals surface area contributed by atoms with Crippen LogP contribution in [0.5, 0.6) is 0 Å². The highest BCUT2D eigenvalue weighted by Gasteiger charge is 2.53. The van der Waals surface area contributed by atoms with Crippen LogP contribution in [0.15, 0.2) is 229 Å². The van der Waals surface area contributed by atoms with Crippen molar-refractivity contribution >= 4 is 39.0 Å². The van der Waals surface area contributed by atoms with Gasteiger partial charge < -0.3 is 9.32 Å². The van der Waals surface area contributed by atoms with Gasteiger partial charge in [-0.3, -0.25) is 0 Å². The second kappa shape index (κ2) is 12.2. The van der Waals surface area contributed by atoms with E-state index in [1.807, 2.05) is 6.07 Å². The molecule has 4 aliphatic rings. The molecule has 0 fully saturated rings. The lowest BCUT2D eigenvalue weighted by Crippen LogP contribution is -2.26. The molecule has 1 heterocycles. The van der Waals surface area contributed by atoms with Gasteiger partial charge in [-0.1, -0.05) is 176 Å². The van der Waals surface area contributed by atoms with Gasteiger partial charge in [-0.15, -0.1) is 0 Å². The van der Waals surface area contributed by atoms with Crippen molar-refractivity contribution in [1.82, 2.24) is 0 Å². The fourth-order valence-electron chi connectivity index (χ4n) is 12.7. The van der Waals surface area contributed by atoms with Crippen LogP contribution >= 0.6 is 0 Å². The minimum Gasteiger partial charge on any atom is -0.456 e. The van der Waals surface area contributed by atoms with Crippen molar-refractivity contribution in [2.75, 3.05) is 4.90 Å². The summed E-state index contributed by atoms with van der Waals surface area (Å²) in [5, 5.41) is 2.24. The average molecular weight is 812 g/mol. The first-order chi connectivity index (χ1) is 31.7. The highest BCUT2D eigenvalue weighted by molar-refractivity contribution is 6.06. The Morgan fingerprint density at radius 3 is 1.16 bits per heavy atom. The van der Waals surface area contributed by atoms with Crippen molar-refractivity contribution in [3.8, 4) is 44.5 Å². The zero-order valence-corrected chi connectivity index (χ0v) is 34.7. The SMILES string of the molecule is c1ccc2c(c1)-c1ccccc1C21c2ccccc2-c2cc(N(c3ccc4c(c3)C3(c5ccccc5-c5ccccc53)c3ccccc3-4)c3ccc4c(c3)oc3ccccc34)ccc21. The number of benzene rings is 10. The number of nitrogens with zero attached hydrogens (tertiary/aromatic N) is 1. The van der Waals surface area contributed by atoms with Gasteiger partial charge in [-0.2, -0.15) is 0 Å². The Hall–Kier alpha value is -8.20. The molecule has 2 heteroatoms. The van der Waals surface area contributed by atoms with Crippen LogP contribution in [0.3, 0.4) is 0 Å². The van der Waals surface area contributed by atoms with Gasteiger partial charge in [0.25, 0.3) is 0 Å². The van der Waals surface area contributed by atoms with Crippen LogP contribution < -0.4 is 4.90 Å². The van der Waals surface area contributed by atoms with Gasteiger partial charge >= 0.3 is 0 Å². The van der Waals surface area contributed by atoms with Gasteiger partial charge in [0.05, 0.1) is 10.8 Å². The van der Waals surface area contributed by atoms with Gasteiger partial charge in [0.1, 0.15) is 11.2 Å². The molecule has 0 atom stereocenters. The van der Waals surface area contributed by atoms with E-state index in [1.165, 1.54) is 89.0 Å². The second-order valence-electron chi connectivity index (χ2n) is 17.8. The third-order valence-corrected chi connectivity index (χ3v) is 15.1. The lowest BCUT2D eigenvalue weighted by Gasteiger charge is -2.33. The smallest absolute Gasteiger partial charge is 0.137 e. The maximum atomic E-state index is 6.61. The molecule has 0 N–H and O–H groups in total. The van der Waals surface area contributed by atoms with Gasteiger partial charge in [-0.25, -0.2) is 0 Å².